The molecule has 2 atom stereocenters. The second-order valence-electron chi connectivity index (χ2n) is 7.07. The van der Waals surface area contributed by atoms with Gasteiger partial charge >= 0.3 is 5.97 Å². The number of carbonyl (C=O) groups is 2. The maximum absolute atomic E-state index is 11.8. The molecule has 1 aliphatic heterocycles. The van der Waals surface area contributed by atoms with Crippen molar-refractivity contribution in [1.82, 2.24) is 15.3 Å². The van der Waals surface area contributed by atoms with E-state index in [0.29, 0.717) is 25.2 Å². The predicted octanol–water partition coefficient (Wildman–Crippen LogP) is 2.51. The first-order valence-electron chi connectivity index (χ1n) is 9.24. The van der Waals surface area contributed by atoms with Gasteiger partial charge < -0.3 is 20.1 Å². The summed E-state index contributed by atoms with van der Waals surface area (Å²) in [5.74, 6) is -0.0199. The zero-order valence-electron chi connectivity index (χ0n) is 15.2. The third-order valence-electron chi connectivity index (χ3n) is 4.89. The van der Waals surface area contributed by atoms with Crippen LogP contribution < -0.4 is 10.1 Å². The number of aliphatic carboxylic acids is 1. The average Bonchev–Trinajstić information content (AvgIpc) is 3.23. The van der Waals surface area contributed by atoms with E-state index in [9.17, 15) is 9.59 Å². The number of aromatic amines is 1. The van der Waals surface area contributed by atoms with E-state index < -0.39 is 11.9 Å². The summed E-state index contributed by atoms with van der Waals surface area (Å²) in [6.07, 6.45) is 1.04. The van der Waals surface area contributed by atoms with Crippen molar-refractivity contribution in [2.24, 2.45) is 5.92 Å². The van der Waals surface area contributed by atoms with E-state index in [1.165, 1.54) is 0 Å². The van der Waals surface area contributed by atoms with Crippen molar-refractivity contribution in [3.63, 3.8) is 0 Å². The molecule has 144 valence electrons. The molecule has 2 heterocycles. The van der Waals surface area contributed by atoms with Crippen molar-refractivity contribution in [3.8, 4) is 5.75 Å². The van der Waals surface area contributed by atoms with Gasteiger partial charge in [0, 0.05) is 6.42 Å². The first-order valence-corrected chi connectivity index (χ1v) is 9.24. The Morgan fingerprint density at radius 1 is 1.18 bits per heavy atom. The summed E-state index contributed by atoms with van der Waals surface area (Å²) in [5, 5.41) is 11.6. The zero-order chi connectivity index (χ0) is 19.5. The Kier molecular flexibility index (Phi) is 4.97. The second-order valence-corrected chi connectivity index (χ2v) is 7.07. The van der Waals surface area contributed by atoms with Gasteiger partial charge in [0.15, 0.2) is 0 Å². The Morgan fingerprint density at radius 2 is 1.96 bits per heavy atom. The molecule has 0 bridgehead atoms. The summed E-state index contributed by atoms with van der Waals surface area (Å²) >= 11 is 0. The largest absolute Gasteiger partial charge is 0.491 e. The fraction of sp³-hybridized carbons (Fsp3) is 0.286. The molecule has 1 aliphatic rings. The van der Waals surface area contributed by atoms with Crippen LogP contribution in [0.4, 0.5) is 0 Å². The number of ether oxygens (including phenoxy) is 1. The normalized spacial score (nSPS) is 18.9. The number of carboxylic acid groups (broad SMARTS) is 1. The van der Waals surface area contributed by atoms with E-state index in [0.717, 1.165) is 22.4 Å². The highest BCUT2D eigenvalue weighted by molar-refractivity contribution is 5.85. The molecular weight excluding hydrogens is 358 g/mol. The van der Waals surface area contributed by atoms with Gasteiger partial charge in [-0.05, 0) is 36.2 Å². The first kappa shape index (κ1) is 18.0. The number of rotatable bonds is 7. The lowest BCUT2D eigenvalue weighted by Gasteiger charge is -2.12. The van der Waals surface area contributed by atoms with Crippen LogP contribution in [0, 0.1) is 5.92 Å². The molecule has 0 spiro atoms. The molecule has 0 radical (unpaired) electrons. The van der Waals surface area contributed by atoms with Gasteiger partial charge in [-0.25, -0.2) is 4.98 Å². The highest BCUT2D eigenvalue weighted by Gasteiger charge is 2.33. The number of benzene rings is 2. The van der Waals surface area contributed by atoms with Crippen LogP contribution in [0.25, 0.3) is 11.0 Å². The molecule has 7 nitrogen and oxygen atoms in total. The van der Waals surface area contributed by atoms with E-state index in [-0.39, 0.29) is 18.4 Å². The van der Waals surface area contributed by atoms with Gasteiger partial charge in [-0.3, -0.25) is 9.59 Å². The van der Waals surface area contributed by atoms with E-state index in [2.05, 4.69) is 15.3 Å². The first-order chi connectivity index (χ1) is 13.6. The standard InChI is InChI=1S/C21H21N3O4/c25-20(26)11-14-10-15(22-21(14)27)12-28-16-7-5-13(6-8-16)9-19-23-17-3-1-2-4-18(17)24-19/h1-8,14-15H,9-12H2,(H,22,27)(H,23,24)(H,25,26). The molecule has 2 aromatic carbocycles. The molecule has 0 aliphatic carbocycles. The summed E-state index contributed by atoms with van der Waals surface area (Å²) in [6.45, 7) is 0.324. The summed E-state index contributed by atoms with van der Waals surface area (Å²) in [5.41, 5.74) is 3.09. The fourth-order valence-corrected chi connectivity index (χ4v) is 3.51. The molecule has 28 heavy (non-hydrogen) atoms. The zero-order valence-corrected chi connectivity index (χ0v) is 15.2. The second kappa shape index (κ2) is 7.72. The van der Waals surface area contributed by atoms with Crippen LogP contribution in [0.2, 0.25) is 0 Å². The summed E-state index contributed by atoms with van der Waals surface area (Å²) < 4.78 is 5.76. The Morgan fingerprint density at radius 3 is 2.71 bits per heavy atom. The molecule has 3 N–H and O–H groups in total. The molecule has 1 amide bonds. The smallest absolute Gasteiger partial charge is 0.304 e. The minimum Gasteiger partial charge on any atom is -0.491 e. The Balaban J connectivity index is 1.31. The Hall–Kier alpha value is -3.35. The van der Waals surface area contributed by atoms with Gasteiger partial charge in [-0.2, -0.15) is 0 Å². The van der Waals surface area contributed by atoms with E-state index in [1.807, 2.05) is 48.5 Å². The maximum atomic E-state index is 11.8. The van der Waals surface area contributed by atoms with Crippen LogP contribution in [0.15, 0.2) is 48.5 Å². The SMILES string of the molecule is O=C(O)CC1CC(COc2ccc(Cc3nc4ccccc4[nH]3)cc2)NC1=O. The van der Waals surface area contributed by atoms with Gasteiger partial charge in [0.1, 0.15) is 18.2 Å². The minimum atomic E-state index is -0.957. The number of hydrogen-bond acceptors (Lipinski definition) is 4. The van der Waals surface area contributed by atoms with Crippen LogP contribution >= 0.6 is 0 Å². The number of imidazole rings is 1. The lowest BCUT2D eigenvalue weighted by atomic mass is 10.0. The monoisotopic (exact) mass is 379 g/mol. The van der Waals surface area contributed by atoms with Crippen molar-refractivity contribution in [2.75, 3.05) is 6.61 Å². The number of nitrogens with zero attached hydrogens (tertiary/aromatic N) is 1. The molecule has 7 heteroatoms. The average molecular weight is 379 g/mol. The predicted molar refractivity (Wildman–Crippen MR) is 103 cm³/mol. The maximum Gasteiger partial charge on any atom is 0.304 e. The summed E-state index contributed by atoms with van der Waals surface area (Å²) in [7, 11) is 0. The lowest BCUT2D eigenvalue weighted by Crippen LogP contribution is -2.31. The number of hydrogen-bond donors (Lipinski definition) is 3. The Bertz CT molecular complexity index is 963. The van der Waals surface area contributed by atoms with Crippen molar-refractivity contribution >= 4 is 22.9 Å². The number of carboxylic acids is 1. The van der Waals surface area contributed by atoms with Gasteiger partial charge in [0.25, 0.3) is 0 Å². The molecule has 3 aromatic rings. The molecule has 0 saturated carbocycles. The van der Waals surface area contributed by atoms with Crippen LogP contribution in [-0.2, 0) is 16.0 Å². The quantitative estimate of drug-likeness (QED) is 0.585. The number of para-hydroxylation sites is 2. The topological polar surface area (TPSA) is 104 Å². The van der Waals surface area contributed by atoms with Crippen molar-refractivity contribution in [3.05, 3.63) is 59.9 Å². The molecule has 2 unspecified atom stereocenters. The number of fused-ring (bicyclic) bond motifs is 1. The minimum absolute atomic E-state index is 0.140. The molecule has 1 fully saturated rings. The van der Waals surface area contributed by atoms with E-state index in [4.69, 9.17) is 9.84 Å². The van der Waals surface area contributed by atoms with Gasteiger partial charge in [-0.1, -0.05) is 24.3 Å². The Labute approximate surface area is 161 Å². The number of aromatic nitrogens is 2. The highest BCUT2D eigenvalue weighted by atomic mass is 16.5. The van der Waals surface area contributed by atoms with Crippen LogP contribution in [0.5, 0.6) is 5.75 Å². The van der Waals surface area contributed by atoms with Crippen LogP contribution in [0.3, 0.4) is 0 Å². The summed E-state index contributed by atoms with van der Waals surface area (Å²) in [4.78, 5) is 30.5. The van der Waals surface area contributed by atoms with Gasteiger partial charge in [0.2, 0.25) is 5.91 Å². The number of nitrogens with one attached hydrogen (secondary N) is 2. The highest BCUT2D eigenvalue weighted by Crippen LogP contribution is 2.21. The number of carbonyl (C=O) groups excluding carboxylic acids is 1. The number of H-pyrrole nitrogens is 1. The van der Waals surface area contributed by atoms with Crippen molar-refractivity contribution in [2.45, 2.75) is 25.3 Å². The molecule has 1 saturated heterocycles. The van der Waals surface area contributed by atoms with Crippen molar-refractivity contribution < 1.29 is 19.4 Å². The van der Waals surface area contributed by atoms with Gasteiger partial charge in [-0.15, -0.1) is 0 Å². The lowest BCUT2D eigenvalue weighted by molar-refractivity contribution is -0.140. The van der Waals surface area contributed by atoms with E-state index in [1.54, 1.807) is 0 Å². The van der Waals surface area contributed by atoms with E-state index >= 15 is 0 Å². The molecular formula is C21H21N3O4. The third-order valence-corrected chi connectivity index (χ3v) is 4.89. The molecule has 4 rings (SSSR count). The fourth-order valence-electron chi connectivity index (χ4n) is 3.51. The van der Waals surface area contributed by atoms with Gasteiger partial charge in [0.05, 0.1) is 29.4 Å². The van der Waals surface area contributed by atoms with Crippen molar-refractivity contribution in [1.29, 1.82) is 0 Å². The van der Waals surface area contributed by atoms with Crippen LogP contribution in [0.1, 0.15) is 24.2 Å². The third kappa shape index (κ3) is 4.14. The number of amides is 1. The summed E-state index contributed by atoms with van der Waals surface area (Å²) in [6, 6.07) is 15.5. The molecule has 1 aromatic heterocycles. The van der Waals surface area contributed by atoms with Crippen LogP contribution in [-0.4, -0.2) is 39.6 Å².